The molecular weight excluding hydrogens is 253 g/mol. The highest BCUT2D eigenvalue weighted by Crippen LogP contribution is 2.34. The summed E-state index contributed by atoms with van der Waals surface area (Å²) >= 11 is 5.13. The Hall–Kier alpha value is 0.0700. The smallest absolute Gasteiger partial charge is 0.0941 e. The molecule has 2 heterocycles. The van der Waals surface area contributed by atoms with Crippen molar-refractivity contribution in [1.82, 2.24) is 5.32 Å². The van der Waals surface area contributed by atoms with Gasteiger partial charge in [0.1, 0.15) is 0 Å². The van der Waals surface area contributed by atoms with Crippen LogP contribution >= 0.6 is 27.3 Å². The number of nitrogens with one attached hydrogen (secondary N) is 1. The predicted molar refractivity (Wildman–Crippen MR) is 57.1 cm³/mol. The summed E-state index contributed by atoms with van der Waals surface area (Å²) in [5, 5.41) is 5.29. The molecule has 0 amide bonds. The van der Waals surface area contributed by atoms with Gasteiger partial charge in [0.2, 0.25) is 0 Å². The second kappa shape index (κ2) is 4.07. The maximum atomic E-state index is 12.6. The largest absolute Gasteiger partial charge is 0.316 e. The van der Waals surface area contributed by atoms with Crippen LogP contribution < -0.4 is 5.32 Å². The van der Waals surface area contributed by atoms with Gasteiger partial charge >= 0.3 is 0 Å². The van der Waals surface area contributed by atoms with Gasteiger partial charge in [0.15, 0.2) is 0 Å². The Kier molecular flexibility index (Phi) is 3.01. The minimum absolute atomic E-state index is 0.172. The fourth-order valence-corrected chi connectivity index (χ4v) is 3.39. The van der Waals surface area contributed by atoms with E-state index in [9.17, 15) is 4.39 Å². The fraction of sp³-hybridized carbons (Fsp3) is 0.556. The number of hydrogen-bond acceptors (Lipinski definition) is 2. The first-order valence-corrected chi connectivity index (χ1v) is 5.99. The lowest BCUT2D eigenvalue weighted by molar-refractivity contribution is 0.360. The van der Waals surface area contributed by atoms with Crippen LogP contribution in [0.15, 0.2) is 15.9 Å². The van der Waals surface area contributed by atoms with Crippen LogP contribution in [0, 0.1) is 5.92 Å². The van der Waals surface area contributed by atoms with Crippen molar-refractivity contribution in [2.24, 2.45) is 5.92 Å². The summed E-state index contributed by atoms with van der Waals surface area (Å²) in [7, 11) is 0. The van der Waals surface area contributed by atoms with Crippen molar-refractivity contribution in [1.29, 1.82) is 0 Å². The average Bonchev–Trinajstić information content (AvgIpc) is 2.71. The third-order valence-corrected chi connectivity index (χ3v) is 4.32. The van der Waals surface area contributed by atoms with E-state index in [4.69, 9.17) is 0 Å². The van der Waals surface area contributed by atoms with Gasteiger partial charge in [0.05, 0.1) is 6.67 Å². The highest BCUT2D eigenvalue weighted by Gasteiger charge is 2.29. The Morgan fingerprint density at radius 3 is 3.08 bits per heavy atom. The molecule has 2 rings (SSSR count). The van der Waals surface area contributed by atoms with E-state index < -0.39 is 0 Å². The zero-order chi connectivity index (χ0) is 9.26. The zero-order valence-corrected chi connectivity index (χ0v) is 9.50. The SMILES string of the molecule is FC[C@@H]1CNC[C@H]1c1cc(Br)cs1. The number of halogens is 2. The minimum Gasteiger partial charge on any atom is -0.316 e. The summed E-state index contributed by atoms with van der Waals surface area (Å²) in [5.74, 6) is 0.548. The Balaban J connectivity index is 2.15. The highest BCUT2D eigenvalue weighted by atomic mass is 79.9. The molecule has 0 bridgehead atoms. The van der Waals surface area contributed by atoms with Crippen molar-refractivity contribution in [3.63, 3.8) is 0 Å². The lowest BCUT2D eigenvalue weighted by Crippen LogP contribution is -2.11. The topological polar surface area (TPSA) is 12.0 Å². The lowest BCUT2D eigenvalue weighted by atomic mass is 9.96. The van der Waals surface area contributed by atoms with Gasteiger partial charge < -0.3 is 5.32 Å². The molecule has 1 fully saturated rings. The van der Waals surface area contributed by atoms with Gasteiger partial charge in [-0.15, -0.1) is 11.3 Å². The first-order chi connectivity index (χ1) is 6.31. The van der Waals surface area contributed by atoms with Crippen molar-refractivity contribution in [2.45, 2.75) is 5.92 Å². The first-order valence-electron chi connectivity index (χ1n) is 4.32. The molecule has 0 saturated carbocycles. The van der Waals surface area contributed by atoms with Crippen molar-refractivity contribution in [3.8, 4) is 0 Å². The monoisotopic (exact) mass is 263 g/mol. The van der Waals surface area contributed by atoms with Crippen LogP contribution in [0.1, 0.15) is 10.8 Å². The zero-order valence-electron chi connectivity index (χ0n) is 7.09. The van der Waals surface area contributed by atoms with Crippen molar-refractivity contribution in [3.05, 3.63) is 20.8 Å². The van der Waals surface area contributed by atoms with E-state index in [2.05, 4.69) is 32.7 Å². The van der Waals surface area contributed by atoms with Gasteiger partial charge in [-0.1, -0.05) is 0 Å². The maximum absolute atomic E-state index is 12.6. The van der Waals surface area contributed by atoms with Crippen LogP contribution in [0.25, 0.3) is 0 Å². The van der Waals surface area contributed by atoms with E-state index >= 15 is 0 Å². The van der Waals surface area contributed by atoms with Crippen LogP contribution in [0.5, 0.6) is 0 Å². The molecule has 1 aromatic heterocycles. The summed E-state index contributed by atoms with van der Waals surface area (Å²) in [6.07, 6.45) is 0. The van der Waals surface area contributed by atoms with Gasteiger partial charge in [0, 0.05) is 39.7 Å². The average molecular weight is 264 g/mol. The first kappa shape index (κ1) is 9.62. The molecule has 0 radical (unpaired) electrons. The maximum Gasteiger partial charge on any atom is 0.0941 e. The molecular formula is C9H11BrFNS. The van der Waals surface area contributed by atoms with E-state index in [1.807, 2.05) is 0 Å². The van der Waals surface area contributed by atoms with Crippen LogP contribution in [0.2, 0.25) is 0 Å². The number of thiophene rings is 1. The third kappa shape index (κ3) is 1.95. The van der Waals surface area contributed by atoms with E-state index in [-0.39, 0.29) is 12.6 Å². The predicted octanol–water partition coefficient (Wildman–Crippen LogP) is 2.78. The van der Waals surface area contributed by atoms with Crippen LogP contribution in [-0.2, 0) is 0 Å². The third-order valence-electron chi connectivity index (χ3n) is 2.49. The second-order valence-electron chi connectivity index (χ2n) is 3.35. The quantitative estimate of drug-likeness (QED) is 0.866. The molecule has 1 aliphatic heterocycles. The van der Waals surface area contributed by atoms with Crippen molar-refractivity contribution in [2.75, 3.05) is 19.8 Å². The summed E-state index contributed by atoms with van der Waals surface area (Å²) in [4.78, 5) is 1.29. The molecule has 2 atom stereocenters. The number of rotatable bonds is 2. The van der Waals surface area contributed by atoms with Crippen LogP contribution in [0.4, 0.5) is 4.39 Å². The summed E-state index contributed by atoms with van der Waals surface area (Å²) < 4.78 is 13.7. The lowest BCUT2D eigenvalue weighted by Gasteiger charge is -2.12. The Labute approximate surface area is 89.5 Å². The number of hydrogen-bond donors (Lipinski definition) is 1. The van der Waals surface area contributed by atoms with Gasteiger partial charge in [-0.2, -0.15) is 0 Å². The molecule has 72 valence electrons. The molecule has 0 aliphatic carbocycles. The molecule has 13 heavy (non-hydrogen) atoms. The molecule has 0 unspecified atom stereocenters. The standard InChI is InChI=1S/C9H11BrFNS/c10-7-1-9(13-5-7)8-4-12-3-6(8)2-11/h1,5-6,8,12H,2-4H2/t6-,8-/m1/s1. The molecule has 1 aromatic rings. The van der Waals surface area contributed by atoms with Crippen LogP contribution in [-0.4, -0.2) is 19.8 Å². The molecule has 1 saturated heterocycles. The summed E-state index contributed by atoms with van der Waals surface area (Å²) in [5.41, 5.74) is 0. The van der Waals surface area contributed by atoms with Gasteiger partial charge in [-0.3, -0.25) is 4.39 Å². The van der Waals surface area contributed by atoms with Crippen LogP contribution in [0.3, 0.4) is 0 Å². The normalized spacial score (nSPS) is 28.2. The highest BCUT2D eigenvalue weighted by molar-refractivity contribution is 9.10. The Morgan fingerprint density at radius 1 is 1.62 bits per heavy atom. The Morgan fingerprint density at radius 2 is 2.46 bits per heavy atom. The van der Waals surface area contributed by atoms with Crippen molar-refractivity contribution >= 4 is 27.3 Å². The van der Waals surface area contributed by atoms with E-state index in [0.717, 1.165) is 17.6 Å². The molecule has 0 spiro atoms. The van der Waals surface area contributed by atoms with E-state index in [0.29, 0.717) is 5.92 Å². The van der Waals surface area contributed by atoms with Crippen molar-refractivity contribution < 1.29 is 4.39 Å². The summed E-state index contributed by atoms with van der Waals surface area (Å²) in [6, 6.07) is 2.10. The summed E-state index contributed by atoms with van der Waals surface area (Å²) in [6.45, 7) is 1.52. The minimum atomic E-state index is -0.215. The van der Waals surface area contributed by atoms with Gasteiger partial charge in [0.25, 0.3) is 0 Å². The van der Waals surface area contributed by atoms with E-state index in [1.54, 1.807) is 11.3 Å². The molecule has 1 aliphatic rings. The molecule has 4 heteroatoms. The molecule has 0 aromatic carbocycles. The molecule has 1 nitrogen and oxygen atoms in total. The van der Waals surface area contributed by atoms with Gasteiger partial charge in [-0.25, -0.2) is 0 Å². The second-order valence-corrected chi connectivity index (χ2v) is 5.20. The van der Waals surface area contributed by atoms with Gasteiger partial charge in [-0.05, 0) is 22.0 Å². The number of alkyl halides is 1. The Bertz CT molecular complexity index is 289. The fourth-order valence-electron chi connectivity index (χ4n) is 1.75. The molecule has 1 N–H and O–H groups in total. The van der Waals surface area contributed by atoms with E-state index in [1.165, 1.54) is 4.88 Å².